The summed E-state index contributed by atoms with van der Waals surface area (Å²) in [6.07, 6.45) is 2.91. The van der Waals surface area contributed by atoms with Gasteiger partial charge in [0.1, 0.15) is 11.3 Å². The first-order valence-corrected chi connectivity index (χ1v) is 7.89. The van der Waals surface area contributed by atoms with E-state index in [0.29, 0.717) is 5.56 Å². The lowest BCUT2D eigenvalue weighted by molar-refractivity contribution is -0.128. The Hall–Kier alpha value is -2.47. The number of phenolic OH excluding ortho intramolecular Hbond substituents is 1. The Labute approximate surface area is 146 Å². The molecule has 1 fully saturated rings. The Morgan fingerprint density at radius 2 is 2.00 bits per heavy atom. The van der Waals surface area contributed by atoms with Gasteiger partial charge in [-0.25, -0.2) is 0 Å². The van der Waals surface area contributed by atoms with Crippen LogP contribution >= 0.6 is 12.2 Å². The van der Waals surface area contributed by atoms with Crippen molar-refractivity contribution in [1.82, 2.24) is 10.2 Å². The summed E-state index contributed by atoms with van der Waals surface area (Å²) >= 11 is 5.01. The van der Waals surface area contributed by atoms with E-state index in [1.54, 1.807) is 12.1 Å². The monoisotopic (exact) mass is 344 g/mol. The van der Waals surface area contributed by atoms with Crippen LogP contribution in [0.1, 0.15) is 31.9 Å². The number of nitrogens with zero attached hydrogens (tertiary/aromatic N) is 1. The zero-order valence-corrected chi connectivity index (χ0v) is 14.7. The summed E-state index contributed by atoms with van der Waals surface area (Å²) in [6.45, 7) is 9.90. The molecule has 2 rings (SSSR count). The highest BCUT2D eigenvalue weighted by molar-refractivity contribution is 7.80. The number of aromatic hydroxyl groups is 1. The SMILES string of the molecule is C=CCN1C(=O)C(=Cc2cc(C(C)(C)C)ccc2O)C(=O)NC1=S. The number of rotatable bonds is 3. The normalized spacial score (nSPS) is 17.2. The molecule has 0 atom stereocenters. The first-order chi connectivity index (χ1) is 11.1. The van der Waals surface area contributed by atoms with Crippen molar-refractivity contribution in [3.05, 3.63) is 47.6 Å². The molecule has 1 aromatic rings. The molecular formula is C18H20N2O3S. The summed E-state index contributed by atoms with van der Waals surface area (Å²) in [5.74, 6) is -1.09. The first kappa shape index (κ1) is 17.9. The van der Waals surface area contributed by atoms with Crippen LogP contribution in [0.3, 0.4) is 0 Å². The summed E-state index contributed by atoms with van der Waals surface area (Å²) < 4.78 is 0. The van der Waals surface area contributed by atoms with Gasteiger partial charge in [0, 0.05) is 12.1 Å². The van der Waals surface area contributed by atoms with Crippen molar-refractivity contribution in [1.29, 1.82) is 0 Å². The van der Waals surface area contributed by atoms with Crippen molar-refractivity contribution in [3.8, 4) is 5.75 Å². The molecular weight excluding hydrogens is 324 g/mol. The molecule has 1 aliphatic rings. The largest absolute Gasteiger partial charge is 0.507 e. The van der Waals surface area contributed by atoms with Crippen LogP contribution in [0.25, 0.3) is 6.08 Å². The lowest BCUT2D eigenvalue weighted by atomic mass is 9.86. The standard InChI is InChI=1S/C18H20N2O3S/c1-5-8-20-16(23)13(15(22)19-17(20)24)10-11-9-12(18(2,3)4)6-7-14(11)21/h5-7,9-10,21H,1,8H2,2-4H3,(H,19,22,24). The number of nitrogens with one attached hydrogen (secondary N) is 1. The third-order valence-electron chi connectivity index (χ3n) is 3.69. The molecule has 0 aromatic heterocycles. The van der Waals surface area contributed by atoms with E-state index in [4.69, 9.17) is 12.2 Å². The van der Waals surface area contributed by atoms with Gasteiger partial charge in [-0.1, -0.05) is 32.9 Å². The van der Waals surface area contributed by atoms with Gasteiger partial charge in [-0.3, -0.25) is 19.8 Å². The van der Waals surface area contributed by atoms with Gasteiger partial charge in [-0.05, 0) is 41.4 Å². The number of carbonyl (C=O) groups excluding carboxylic acids is 2. The van der Waals surface area contributed by atoms with E-state index in [-0.39, 0.29) is 28.4 Å². The van der Waals surface area contributed by atoms with Crippen molar-refractivity contribution in [2.24, 2.45) is 0 Å². The molecule has 0 radical (unpaired) electrons. The van der Waals surface area contributed by atoms with Gasteiger partial charge in [0.25, 0.3) is 11.8 Å². The Morgan fingerprint density at radius 3 is 2.58 bits per heavy atom. The third-order valence-corrected chi connectivity index (χ3v) is 4.01. The van der Waals surface area contributed by atoms with Crippen LogP contribution in [-0.4, -0.2) is 33.5 Å². The molecule has 0 aliphatic carbocycles. The van der Waals surface area contributed by atoms with Crippen LogP contribution in [0, 0.1) is 0 Å². The maximum atomic E-state index is 12.5. The second kappa shape index (κ2) is 6.57. The highest BCUT2D eigenvalue weighted by Gasteiger charge is 2.32. The van der Waals surface area contributed by atoms with Crippen LogP contribution in [-0.2, 0) is 15.0 Å². The van der Waals surface area contributed by atoms with Gasteiger partial charge in [-0.15, -0.1) is 6.58 Å². The van der Waals surface area contributed by atoms with E-state index in [1.165, 1.54) is 17.1 Å². The zero-order valence-electron chi connectivity index (χ0n) is 13.9. The average Bonchev–Trinajstić information content (AvgIpc) is 2.48. The minimum absolute atomic E-state index is 0.000444. The van der Waals surface area contributed by atoms with E-state index in [2.05, 4.69) is 11.9 Å². The summed E-state index contributed by atoms with van der Waals surface area (Å²) in [5.41, 5.74) is 1.18. The number of thiocarbonyl (C=S) groups is 1. The van der Waals surface area contributed by atoms with Crippen molar-refractivity contribution < 1.29 is 14.7 Å². The van der Waals surface area contributed by atoms with Crippen molar-refractivity contribution in [3.63, 3.8) is 0 Å². The van der Waals surface area contributed by atoms with E-state index >= 15 is 0 Å². The number of hydrogen-bond acceptors (Lipinski definition) is 4. The van der Waals surface area contributed by atoms with Crippen LogP contribution in [0.2, 0.25) is 0 Å². The minimum atomic E-state index is -0.578. The van der Waals surface area contributed by atoms with Crippen molar-refractivity contribution in [2.75, 3.05) is 6.54 Å². The molecule has 5 nitrogen and oxygen atoms in total. The molecule has 126 valence electrons. The molecule has 1 aliphatic heterocycles. The summed E-state index contributed by atoms with van der Waals surface area (Å²) in [7, 11) is 0. The smallest absolute Gasteiger partial charge is 0.265 e. The molecule has 1 aromatic carbocycles. The Balaban J connectivity index is 2.49. The fourth-order valence-corrected chi connectivity index (χ4v) is 2.53. The summed E-state index contributed by atoms with van der Waals surface area (Å²) in [4.78, 5) is 25.9. The van der Waals surface area contributed by atoms with Gasteiger partial charge in [-0.2, -0.15) is 0 Å². The highest BCUT2D eigenvalue weighted by atomic mass is 32.1. The first-order valence-electron chi connectivity index (χ1n) is 7.48. The molecule has 0 saturated carbocycles. The lowest BCUT2D eigenvalue weighted by Gasteiger charge is -2.28. The van der Waals surface area contributed by atoms with Crippen LogP contribution in [0.15, 0.2) is 36.4 Å². The van der Waals surface area contributed by atoms with Crippen LogP contribution in [0.4, 0.5) is 0 Å². The number of amides is 2. The fraction of sp³-hybridized carbons (Fsp3) is 0.278. The number of carbonyl (C=O) groups is 2. The predicted molar refractivity (Wildman–Crippen MR) is 97.4 cm³/mol. The Kier molecular flexibility index (Phi) is 4.89. The number of benzene rings is 1. The molecule has 24 heavy (non-hydrogen) atoms. The lowest BCUT2D eigenvalue weighted by Crippen LogP contribution is -2.53. The third kappa shape index (κ3) is 3.54. The minimum Gasteiger partial charge on any atom is -0.507 e. The van der Waals surface area contributed by atoms with E-state index in [9.17, 15) is 14.7 Å². The molecule has 6 heteroatoms. The summed E-state index contributed by atoms with van der Waals surface area (Å²) in [5, 5.41) is 12.6. The molecule has 0 spiro atoms. The molecule has 2 N–H and O–H groups in total. The number of hydrogen-bond donors (Lipinski definition) is 2. The van der Waals surface area contributed by atoms with Gasteiger partial charge < -0.3 is 5.11 Å². The molecule has 0 unspecified atom stereocenters. The van der Waals surface area contributed by atoms with E-state index in [1.807, 2.05) is 26.8 Å². The second-order valence-corrected chi connectivity index (χ2v) is 6.93. The maximum Gasteiger partial charge on any atom is 0.265 e. The van der Waals surface area contributed by atoms with Crippen LogP contribution in [0.5, 0.6) is 5.75 Å². The quantitative estimate of drug-likeness (QED) is 0.383. The second-order valence-electron chi connectivity index (χ2n) is 6.55. The summed E-state index contributed by atoms with van der Waals surface area (Å²) in [6, 6.07) is 5.15. The average molecular weight is 344 g/mol. The predicted octanol–water partition coefficient (Wildman–Crippen LogP) is 2.50. The molecule has 0 bridgehead atoms. The molecule has 1 saturated heterocycles. The van der Waals surface area contributed by atoms with E-state index in [0.717, 1.165) is 5.56 Å². The number of phenols is 1. The topological polar surface area (TPSA) is 69.6 Å². The maximum absolute atomic E-state index is 12.5. The van der Waals surface area contributed by atoms with Gasteiger partial charge >= 0.3 is 0 Å². The molecule has 1 heterocycles. The highest BCUT2D eigenvalue weighted by Crippen LogP contribution is 2.29. The molecule has 2 amide bonds. The van der Waals surface area contributed by atoms with Gasteiger partial charge in [0.2, 0.25) is 0 Å². The van der Waals surface area contributed by atoms with Crippen molar-refractivity contribution in [2.45, 2.75) is 26.2 Å². The van der Waals surface area contributed by atoms with Crippen LogP contribution < -0.4 is 5.32 Å². The Morgan fingerprint density at radius 1 is 1.33 bits per heavy atom. The van der Waals surface area contributed by atoms with E-state index < -0.39 is 11.8 Å². The zero-order chi connectivity index (χ0) is 18.1. The Bertz CT molecular complexity index is 760. The van der Waals surface area contributed by atoms with Gasteiger partial charge in [0.05, 0.1) is 0 Å². The fourth-order valence-electron chi connectivity index (χ4n) is 2.28. The van der Waals surface area contributed by atoms with Gasteiger partial charge in [0.15, 0.2) is 5.11 Å². The van der Waals surface area contributed by atoms with Crippen molar-refractivity contribution >= 4 is 35.2 Å².